The molecule has 1 fully saturated rings. The number of aryl methyl sites for hydroxylation is 1. The van der Waals surface area contributed by atoms with Gasteiger partial charge in [0.1, 0.15) is 0 Å². The third kappa shape index (κ3) is 5.41. The maximum Gasteiger partial charge on any atom is 0.255 e. The van der Waals surface area contributed by atoms with Crippen LogP contribution in [0.4, 0.5) is 5.69 Å². The van der Waals surface area contributed by atoms with E-state index in [2.05, 4.69) is 17.6 Å². The summed E-state index contributed by atoms with van der Waals surface area (Å²) in [6.07, 6.45) is 4.14. The zero-order chi connectivity index (χ0) is 26.7. The van der Waals surface area contributed by atoms with Crippen molar-refractivity contribution in [2.75, 3.05) is 18.4 Å². The van der Waals surface area contributed by atoms with Crippen molar-refractivity contribution in [2.24, 2.45) is 5.92 Å². The fourth-order valence-electron chi connectivity index (χ4n) is 5.91. The molecule has 6 nitrogen and oxygen atoms in total. The zero-order valence-corrected chi connectivity index (χ0v) is 23.1. The fourth-order valence-corrected chi connectivity index (χ4v) is 7.93. The van der Waals surface area contributed by atoms with Gasteiger partial charge in [0.15, 0.2) is 0 Å². The number of nitrogens with zero attached hydrogens (tertiary/aromatic N) is 1. The standard InChI is InChI=1S/C31H37N3O3S/c1-22-10-6-7-13-25(22)31(35)33-28-16-17-30(27-15-9-8-14-26(27)28)38(36,37)34(21-24-11-4-3-5-12-24)29-18-19-32-20-23(29)2/h3-7,10-13,16-17,23,29,32H,8-9,14-15,18-21H2,1-2H3,(H,33,35)/t23-,29+/m0/s1. The molecular formula is C31H37N3O3S. The molecule has 1 aliphatic carbocycles. The SMILES string of the molecule is Cc1ccccc1C(=O)Nc1ccc(S(=O)(=O)N(Cc2ccccc2)[C@@H]2CCNC[C@@H]2C)c2c1CCCC2. The van der Waals surface area contributed by atoms with Gasteiger partial charge in [-0.05, 0) is 98.5 Å². The molecule has 0 unspecified atom stereocenters. The number of hydrogen-bond donors (Lipinski definition) is 2. The first kappa shape index (κ1) is 26.6. The quantitative estimate of drug-likeness (QED) is 0.433. The van der Waals surface area contributed by atoms with E-state index >= 15 is 0 Å². The van der Waals surface area contributed by atoms with Crippen molar-refractivity contribution >= 4 is 21.6 Å². The van der Waals surface area contributed by atoms with E-state index in [0.717, 1.165) is 66.7 Å². The Morgan fingerprint density at radius 3 is 2.42 bits per heavy atom. The minimum atomic E-state index is -3.78. The van der Waals surface area contributed by atoms with E-state index in [-0.39, 0.29) is 17.9 Å². The molecule has 2 atom stereocenters. The lowest BCUT2D eigenvalue weighted by molar-refractivity contribution is 0.102. The third-order valence-electron chi connectivity index (χ3n) is 8.01. The van der Waals surface area contributed by atoms with Gasteiger partial charge in [0.25, 0.3) is 5.91 Å². The van der Waals surface area contributed by atoms with Gasteiger partial charge in [-0.2, -0.15) is 4.31 Å². The number of amides is 1. The van der Waals surface area contributed by atoms with Crippen LogP contribution in [0.1, 0.15) is 58.8 Å². The number of nitrogens with one attached hydrogen (secondary N) is 2. The highest BCUT2D eigenvalue weighted by atomic mass is 32.2. The molecule has 2 N–H and O–H groups in total. The van der Waals surface area contributed by atoms with Gasteiger partial charge >= 0.3 is 0 Å². The van der Waals surface area contributed by atoms with Gasteiger partial charge in [-0.25, -0.2) is 8.42 Å². The Hall–Kier alpha value is -3.00. The molecule has 1 amide bonds. The van der Waals surface area contributed by atoms with Crippen LogP contribution >= 0.6 is 0 Å². The maximum absolute atomic E-state index is 14.5. The summed E-state index contributed by atoms with van der Waals surface area (Å²) in [5.74, 6) is 0.0338. The lowest BCUT2D eigenvalue weighted by Crippen LogP contribution is -2.50. The molecule has 0 spiro atoms. The van der Waals surface area contributed by atoms with Crippen molar-refractivity contribution in [3.05, 3.63) is 94.5 Å². The highest BCUT2D eigenvalue weighted by Gasteiger charge is 2.38. The molecule has 0 bridgehead atoms. The summed E-state index contributed by atoms with van der Waals surface area (Å²) in [5, 5.41) is 6.50. The summed E-state index contributed by atoms with van der Waals surface area (Å²) in [6.45, 7) is 6.00. The Morgan fingerprint density at radius 2 is 1.68 bits per heavy atom. The van der Waals surface area contributed by atoms with Gasteiger partial charge in [-0.3, -0.25) is 4.79 Å². The van der Waals surface area contributed by atoms with E-state index in [9.17, 15) is 13.2 Å². The monoisotopic (exact) mass is 531 g/mol. The Morgan fingerprint density at radius 1 is 0.974 bits per heavy atom. The Balaban J connectivity index is 1.53. The number of carbonyl (C=O) groups excluding carboxylic acids is 1. The molecule has 1 heterocycles. The second-order valence-corrected chi connectivity index (χ2v) is 12.5. The largest absolute Gasteiger partial charge is 0.322 e. The molecule has 3 aromatic carbocycles. The molecule has 5 rings (SSSR count). The van der Waals surface area contributed by atoms with Crippen LogP contribution in [0.25, 0.3) is 0 Å². The van der Waals surface area contributed by atoms with Gasteiger partial charge in [0, 0.05) is 23.8 Å². The predicted octanol–water partition coefficient (Wildman–Crippen LogP) is 5.32. The summed E-state index contributed by atoms with van der Waals surface area (Å²) in [7, 11) is -3.78. The van der Waals surface area contributed by atoms with Crippen molar-refractivity contribution in [3.8, 4) is 0 Å². The average molecular weight is 532 g/mol. The van der Waals surface area contributed by atoms with E-state index in [0.29, 0.717) is 23.4 Å². The molecule has 0 saturated carbocycles. The van der Waals surface area contributed by atoms with Gasteiger partial charge in [0.2, 0.25) is 10.0 Å². The van der Waals surface area contributed by atoms with E-state index < -0.39 is 10.0 Å². The Labute approximate surface area is 226 Å². The molecule has 38 heavy (non-hydrogen) atoms. The van der Waals surface area contributed by atoms with Crippen molar-refractivity contribution in [1.29, 1.82) is 0 Å². The fraction of sp³-hybridized carbons (Fsp3) is 0.387. The zero-order valence-electron chi connectivity index (χ0n) is 22.2. The summed E-state index contributed by atoms with van der Waals surface area (Å²) < 4.78 is 30.7. The highest BCUT2D eigenvalue weighted by Crippen LogP contribution is 2.37. The van der Waals surface area contributed by atoms with Crippen molar-refractivity contribution in [3.63, 3.8) is 0 Å². The van der Waals surface area contributed by atoms with Gasteiger partial charge in [0.05, 0.1) is 4.90 Å². The number of rotatable bonds is 7. The minimum Gasteiger partial charge on any atom is -0.322 e. The van der Waals surface area contributed by atoms with Crippen LogP contribution in [-0.4, -0.2) is 37.8 Å². The molecule has 200 valence electrons. The van der Waals surface area contributed by atoms with Crippen LogP contribution in [0, 0.1) is 12.8 Å². The lowest BCUT2D eigenvalue weighted by Gasteiger charge is -2.38. The number of hydrogen-bond acceptors (Lipinski definition) is 4. The van der Waals surface area contributed by atoms with Crippen LogP contribution in [0.15, 0.2) is 71.6 Å². The van der Waals surface area contributed by atoms with Crippen LogP contribution in [-0.2, 0) is 29.4 Å². The van der Waals surface area contributed by atoms with Gasteiger partial charge in [-0.1, -0.05) is 55.5 Å². The Kier molecular flexibility index (Phi) is 7.98. The summed E-state index contributed by atoms with van der Waals surface area (Å²) in [5.41, 5.74) is 5.05. The summed E-state index contributed by atoms with van der Waals surface area (Å²) in [6, 6.07) is 20.8. The predicted molar refractivity (Wildman–Crippen MR) is 152 cm³/mol. The number of anilines is 1. The molecular weight excluding hydrogens is 494 g/mol. The number of piperidine rings is 1. The molecule has 3 aromatic rings. The van der Waals surface area contributed by atoms with Gasteiger partial charge in [-0.15, -0.1) is 0 Å². The molecule has 1 aliphatic heterocycles. The molecule has 1 saturated heterocycles. The Bertz CT molecular complexity index is 1410. The number of carbonyl (C=O) groups is 1. The molecule has 2 aliphatic rings. The minimum absolute atomic E-state index is 0.0823. The summed E-state index contributed by atoms with van der Waals surface area (Å²) >= 11 is 0. The maximum atomic E-state index is 14.5. The van der Waals surface area contributed by atoms with E-state index in [1.54, 1.807) is 16.4 Å². The second kappa shape index (κ2) is 11.4. The first-order valence-electron chi connectivity index (χ1n) is 13.6. The summed E-state index contributed by atoms with van der Waals surface area (Å²) in [4.78, 5) is 13.5. The van der Waals surface area contributed by atoms with E-state index in [1.165, 1.54) is 0 Å². The highest BCUT2D eigenvalue weighted by molar-refractivity contribution is 7.89. The van der Waals surface area contributed by atoms with Crippen LogP contribution in [0.5, 0.6) is 0 Å². The average Bonchev–Trinajstić information content (AvgIpc) is 2.93. The van der Waals surface area contributed by atoms with E-state index in [1.807, 2.05) is 61.5 Å². The smallest absolute Gasteiger partial charge is 0.255 e. The van der Waals surface area contributed by atoms with Crippen molar-refractivity contribution < 1.29 is 13.2 Å². The topological polar surface area (TPSA) is 78.5 Å². The van der Waals surface area contributed by atoms with Crippen LogP contribution in [0.2, 0.25) is 0 Å². The first-order chi connectivity index (χ1) is 18.4. The molecule has 7 heteroatoms. The van der Waals surface area contributed by atoms with Gasteiger partial charge < -0.3 is 10.6 Å². The normalized spacial score (nSPS) is 19.7. The molecule has 0 aromatic heterocycles. The van der Waals surface area contributed by atoms with E-state index in [4.69, 9.17) is 0 Å². The number of fused-ring (bicyclic) bond motifs is 1. The third-order valence-corrected chi connectivity index (χ3v) is 9.96. The number of sulfonamides is 1. The lowest BCUT2D eigenvalue weighted by atomic mass is 9.90. The van der Waals surface area contributed by atoms with Crippen molar-refractivity contribution in [1.82, 2.24) is 9.62 Å². The molecule has 0 radical (unpaired) electrons. The van der Waals surface area contributed by atoms with Crippen molar-refractivity contribution in [2.45, 2.75) is 63.4 Å². The van der Waals surface area contributed by atoms with Crippen LogP contribution in [0.3, 0.4) is 0 Å². The van der Waals surface area contributed by atoms with Crippen LogP contribution < -0.4 is 10.6 Å². The second-order valence-electron chi connectivity index (χ2n) is 10.6. The number of benzene rings is 3. The first-order valence-corrected chi connectivity index (χ1v) is 15.1.